The maximum atomic E-state index is 13.7. The van der Waals surface area contributed by atoms with Crippen LogP contribution in [-0.2, 0) is 27.2 Å². The lowest BCUT2D eigenvalue weighted by atomic mass is 9.85. The number of rotatable bonds is 14. The van der Waals surface area contributed by atoms with Gasteiger partial charge in [0.05, 0.1) is 33.3 Å². The molecule has 0 saturated heterocycles. The topological polar surface area (TPSA) is 74.2 Å². The Hall–Kier alpha value is -2.23. The van der Waals surface area contributed by atoms with Crippen LogP contribution in [0.4, 0.5) is 0 Å². The predicted molar refractivity (Wildman–Crippen MR) is 190 cm³/mol. The Morgan fingerprint density at radius 3 is 1.85 bits per heavy atom. The summed E-state index contributed by atoms with van der Waals surface area (Å²) in [4.78, 5) is 13.7. The zero-order chi connectivity index (χ0) is 34.4. The second-order valence-corrected chi connectivity index (χ2v) is 18.9. The van der Waals surface area contributed by atoms with Crippen LogP contribution in [0.3, 0.4) is 0 Å². The van der Waals surface area contributed by atoms with Crippen molar-refractivity contribution in [2.45, 2.75) is 78.0 Å². The van der Waals surface area contributed by atoms with Crippen molar-refractivity contribution < 1.29 is 28.5 Å². The van der Waals surface area contributed by atoms with Gasteiger partial charge in [-0.15, -0.1) is 0 Å². The Labute approximate surface area is 293 Å². The lowest BCUT2D eigenvalue weighted by molar-refractivity contribution is -0.152. The maximum Gasteiger partial charge on any atom is 0.335 e. The molecular formula is C35H42Cl4O6Si. The number of aliphatic hydroxyl groups excluding tert-OH is 1. The number of ether oxygens (including phenoxy) is 3. The molecular weight excluding hydrogens is 686 g/mol. The summed E-state index contributed by atoms with van der Waals surface area (Å²) in [6.45, 7) is 18.2. The van der Waals surface area contributed by atoms with E-state index in [1.165, 1.54) is 0 Å². The molecule has 0 fully saturated rings. The molecule has 0 aliphatic heterocycles. The Balaban J connectivity index is 2.22. The minimum Gasteiger partial charge on any atom is -0.485 e. The van der Waals surface area contributed by atoms with Gasteiger partial charge in [-0.05, 0) is 78.5 Å². The second-order valence-electron chi connectivity index (χ2n) is 12.5. The van der Waals surface area contributed by atoms with E-state index in [0.29, 0.717) is 42.7 Å². The second kappa shape index (κ2) is 16.2. The summed E-state index contributed by atoms with van der Waals surface area (Å²) < 4.78 is 25.3. The summed E-state index contributed by atoms with van der Waals surface area (Å²) in [7, 11) is -2.55. The number of halogens is 4. The number of carbonyl (C=O) groups excluding carboxylic acids is 1. The SMILES string of the molecule is C=C(CO)[C@H](c1ccc(C)c(OCc2ccc(Cl)c(Cl)c2)c1OCc1ccc(Cl)c(Cl)c1)[C@H](O[Si](C)(C)C(C)(C)C)C(=O)OCC. The molecule has 0 unspecified atom stereocenters. The molecule has 6 nitrogen and oxygen atoms in total. The molecule has 0 bridgehead atoms. The number of esters is 1. The lowest BCUT2D eigenvalue weighted by Gasteiger charge is -2.41. The fraction of sp³-hybridized carbons (Fsp3) is 0.400. The van der Waals surface area contributed by atoms with Crippen molar-refractivity contribution in [2.75, 3.05) is 13.2 Å². The van der Waals surface area contributed by atoms with Crippen molar-refractivity contribution in [3.63, 3.8) is 0 Å². The van der Waals surface area contributed by atoms with Gasteiger partial charge < -0.3 is 23.7 Å². The van der Waals surface area contributed by atoms with Crippen LogP contribution in [0.25, 0.3) is 0 Å². The third-order valence-electron chi connectivity index (χ3n) is 8.10. The number of aryl methyl sites for hydroxylation is 1. The minimum atomic E-state index is -2.55. The van der Waals surface area contributed by atoms with Gasteiger partial charge in [-0.2, -0.15) is 0 Å². The molecule has 3 rings (SSSR count). The van der Waals surface area contributed by atoms with Gasteiger partial charge in [0, 0.05) is 11.5 Å². The Kier molecular flexibility index (Phi) is 13.5. The monoisotopic (exact) mass is 726 g/mol. The van der Waals surface area contributed by atoms with Crippen molar-refractivity contribution in [3.05, 3.63) is 103 Å². The first-order chi connectivity index (χ1) is 21.5. The summed E-state index contributed by atoms with van der Waals surface area (Å²) in [5.41, 5.74) is 3.23. The number of aliphatic hydroxyl groups is 1. The maximum absolute atomic E-state index is 13.7. The molecule has 46 heavy (non-hydrogen) atoms. The van der Waals surface area contributed by atoms with Gasteiger partial charge in [0.2, 0.25) is 0 Å². The van der Waals surface area contributed by atoms with Crippen LogP contribution in [-0.4, -0.2) is 38.7 Å². The van der Waals surface area contributed by atoms with E-state index in [0.717, 1.165) is 16.7 Å². The predicted octanol–water partition coefficient (Wildman–Crippen LogP) is 10.4. The van der Waals surface area contributed by atoms with Gasteiger partial charge in [0.15, 0.2) is 25.9 Å². The Morgan fingerprint density at radius 1 is 0.870 bits per heavy atom. The van der Waals surface area contributed by atoms with Crippen molar-refractivity contribution in [3.8, 4) is 11.5 Å². The fourth-order valence-corrected chi connectivity index (χ4v) is 6.35. The van der Waals surface area contributed by atoms with E-state index in [9.17, 15) is 9.90 Å². The van der Waals surface area contributed by atoms with Crippen LogP contribution in [0.15, 0.2) is 60.7 Å². The number of hydrogen-bond acceptors (Lipinski definition) is 6. The van der Waals surface area contributed by atoms with Crippen LogP contribution in [0.5, 0.6) is 11.5 Å². The third kappa shape index (κ3) is 9.44. The van der Waals surface area contributed by atoms with Gasteiger partial charge in [0.1, 0.15) is 13.2 Å². The normalized spacial score (nSPS) is 13.2. The zero-order valence-electron chi connectivity index (χ0n) is 27.3. The number of benzene rings is 3. The Morgan fingerprint density at radius 2 is 1.39 bits per heavy atom. The van der Waals surface area contributed by atoms with Crippen LogP contribution in [0, 0.1) is 6.92 Å². The zero-order valence-corrected chi connectivity index (χ0v) is 31.3. The first kappa shape index (κ1) is 38.2. The van der Waals surface area contributed by atoms with Crippen molar-refractivity contribution in [1.29, 1.82) is 0 Å². The molecule has 1 N–H and O–H groups in total. The molecule has 0 aliphatic carbocycles. The number of carbonyl (C=O) groups is 1. The summed E-state index contributed by atoms with van der Waals surface area (Å²) >= 11 is 24.9. The molecule has 0 heterocycles. The molecule has 3 aromatic carbocycles. The van der Waals surface area contributed by atoms with Crippen LogP contribution >= 0.6 is 46.4 Å². The first-order valence-electron chi connectivity index (χ1n) is 14.9. The summed E-state index contributed by atoms with van der Waals surface area (Å²) in [6.07, 6.45) is -1.11. The van der Waals surface area contributed by atoms with Gasteiger partial charge in [0.25, 0.3) is 0 Å². The molecule has 0 aromatic heterocycles. The van der Waals surface area contributed by atoms with E-state index < -0.39 is 32.9 Å². The van der Waals surface area contributed by atoms with Gasteiger partial charge >= 0.3 is 5.97 Å². The highest BCUT2D eigenvalue weighted by Gasteiger charge is 2.45. The molecule has 0 amide bonds. The smallest absolute Gasteiger partial charge is 0.335 e. The van der Waals surface area contributed by atoms with E-state index in [1.54, 1.807) is 31.2 Å². The van der Waals surface area contributed by atoms with E-state index >= 15 is 0 Å². The highest BCUT2D eigenvalue weighted by molar-refractivity contribution is 6.74. The van der Waals surface area contributed by atoms with Gasteiger partial charge in [-0.3, -0.25) is 0 Å². The van der Waals surface area contributed by atoms with Gasteiger partial charge in [-0.25, -0.2) is 4.79 Å². The molecule has 2 atom stereocenters. The molecule has 250 valence electrons. The van der Waals surface area contributed by atoms with Crippen molar-refractivity contribution in [1.82, 2.24) is 0 Å². The summed E-state index contributed by atoms with van der Waals surface area (Å²) in [6, 6.07) is 14.2. The molecule has 0 saturated carbocycles. The highest BCUT2D eigenvalue weighted by atomic mass is 35.5. The standard InChI is InChI=1S/C35H42Cl4O6Si/c1-9-42-34(41)33(45-46(7,8)35(4,5)6)30(22(3)18-40)25-13-10-21(2)31(43-19-23-11-14-26(36)28(38)16-23)32(25)44-20-24-12-15-27(37)29(39)17-24/h10-17,30,33,40H,3,9,18-20H2,1-2,4-8H3/t30-,33+/m1/s1. The van der Waals surface area contributed by atoms with E-state index in [4.69, 9.17) is 65.0 Å². The highest BCUT2D eigenvalue weighted by Crippen LogP contribution is 2.46. The molecule has 3 aromatic rings. The molecule has 0 radical (unpaired) electrons. The van der Waals surface area contributed by atoms with E-state index in [-0.39, 0.29) is 24.9 Å². The quantitative estimate of drug-likeness (QED) is 0.101. The molecule has 11 heteroatoms. The fourth-order valence-electron chi connectivity index (χ4n) is 4.49. The van der Waals surface area contributed by atoms with E-state index in [2.05, 4.69) is 40.4 Å². The largest absolute Gasteiger partial charge is 0.485 e. The third-order valence-corrected chi connectivity index (χ3v) is 14.0. The van der Waals surface area contributed by atoms with Gasteiger partial charge in [-0.1, -0.05) is 98.0 Å². The summed E-state index contributed by atoms with van der Waals surface area (Å²) in [5, 5.41) is 11.9. The van der Waals surface area contributed by atoms with E-state index in [1.807, 2.05) is 31.2 Å². The van der Waals surface area contributed by atoms with Crippen molar-refractivity contribution >= 4 is 60.7 Å². The van der Waals surface area contributed by atoms with Crippen LogP contribution in [0.2, 0.25) is 38.2 Å². The van der Waals surface area contributed by atoms with Crippen LogP contribution < -0.4 is 9.47 Å². The van der Waals surface area contributed by atoms with Crippen molar-refractivity contribution in [2.24, 2.45) is 0 Å². The molecule has 0 spiro atoms. The number of hydrogen-bond donors (Lipinski definition) is 1. The summed E-state index contributed by atoms with van der Waals surface area (Å²) in [5.74, 6) is -0.593. The average Bonchev–Trinajstić information content (AvgIpc) is 2.98. The first-order valence-corrected chi connectivity index (χ1v) is 19.3. The lowest BCUT2D eigenvalue weighted by Crippen LogP contribution is -2.48. The Bertz CT molecular complexity index is 1550. The average molecular weight is 729 g/mol. The van der Waals surface area contributed by atoms with Crippen LogP contribution in [0.1, 0.15) is 55.9 Å². The minimum absolute atomic E-state index is 0.0992. The molecule has 0 aliphatic rings.